The molecule has 0 unspecified atom stereocenters. The zero-order valence-corrected chi connectivity index (χ0v) is 7.27. The van der Waals surface area contributed by atoms with Gasteiger partial charge in [-0.15, -0.1) is 0 Å². The van der Waals surface area contributed by atoms with Crippen molar-refractivity contribution in [1.29, 1.82) is 0 Å². The summed E-state index contributed by atoms with van der Waals surface area (Å²) in [5.74, 6) is 0. The van der Waals surface area contributed by atoms with Gasteiger partial charge in [0.25, 0.3) is 5.56 Å². The lowest BCUT2D eigenvalue weighted by molar-refractivity contribution is 0.168. The molecule has 1 rings (SSSR count). The highest BCUT2D eigenvalue weighted by Gasteiger charge is 2.09. The van der Waals surface area contributed by atoms with Crippen LogP contribution in [-0.4, -0.2) is 25.2 Å². The normalized spacial score (nSPS) is 10.4. The summed E-state index contributed by atoms with van der Waals surface area (Å²) in [6.07, 6.45) is 0.463. The summed E-state index contributed by atoms with van der Waals surface area (Å²) in [6.45, 7) is 1.06. The lowest BCUT2D eigenvalue weighted by Gasteiger charge is -2.08. The first-order chi connectivity index (χ1) is 6.24. The Morgan fingerprint density at radius 2 is 2.15 bits per heavy atom. The van der Waals surface area contributed by atoms with Crippen molar-refractivity contribution in [3.05, 3.63) is 21.6 Å². The second-order valence-corrected chi connectivity index (χ2v) is 2.47. The highest BCUT2D eigenvalue weighted by Crippen LogP contribution is 2.01. The Bertz CT molecular complexity index is 347. The molecular weight excluding hydrogens is 174 g/mol. The lowest BCUT2D eigenvalue weighted by Crippen LogP contribution is -2.25. The Morgan fingerprint density at radius 3 is 2.62 bits per heavy atom. The molecule has 6 heteroatoms. The molecule has 0 aromatic carbocycles. The zero-order valence-electron chi connectivity index (χ0n) is 7.27. The molecule has 72 valence electrons. The number of aliphatic hydroxyl groups excluding tert-OH is 2. The summed E-state index contributed by atoms with van der Waals surface area (Å²) in [5.41, 5.74) is 0.271. The van der Waals surface area contributed by atoms with E-state index < -0.39 is 12.3 Å². The van der Waals surface area contributed by atoms with Gasteiger partial charge in [-0.1, -0.05) is 17.2 Å². The van der Waals surface area contributed by atoms with Gasteiger partial charge in [0, 0.05) is 5.56 Å². The fourth-order valence-electron chi connectivity index (χ4n) is 1.13. The molecule has 0 aliphatic heterocycles. The van der Waals surface area contributed by atoms with Gasteiger partial charge in [0.15, 0.2) is 0 Å². The van der Waals surface area contributed by atoms with Gasteiger partial charge in [-0.3, -0.25) is 4.79 Å². The molecule has 0 radical (unpaired) electrons. The molecule has 0 fully saturated rings. The third-order valence-corrected chi connectivity index (χ3v) is 1.80. The van der Waals surface area contributed by atoms with Gasteiger partial charge < -0.3 is 10.2 Å². The van der Waals surface area contributed by atoms with Crippen molar-refractivity contribution in [2.45, 2.75) is 26.7 Å². The molecule has 0 aliphatic rings. The molecule has 0 spiro atoms. The van der Waals surface area contributed by atoms with Crippen molar-refractivity contribution < 1.29 is 10.2 Å². The van der Waals surface area contributed by atoms with E-state index in [4.69, 9.17) is 10.2 Å². The average Bonchev–Trinajstić information content (AvgIpc) is 2.17. The lowest BCUT2D eigenvalue weighted by atomic mass is 10.2. The van der Waals surface area contributed by atoms with E-state index in [1.165, 1.54) is 0 Å². The van der Waals surface area contributed by atoms with E-state index in [2.05, 4.69) is 10.3 Å². The van der Waals surface area contributed by atoms with Crippen molar-refractivity contribution in [3.63, 3.8) is 0 Å². The molecule has 0 aliphatic carbocycles. The van der Waals surface area contributed by atoms with Crippen LogP contribution < -0.4 is 5.56 Å². The molecule has 0 bridgehead atoms. The van der Waals surface area contributed by atoms with Gasteiger partial charge >= 0.3 is 0 Å². The van der Waals surface area contributed by atoms with Crippen LogP contribution in [0.25, 0.3) is 0 Å². The standard InChI is InChI=1S/C7H11N3O3/c1-2-5-6(3-11)10(4-12)9-8-7(5)13/h11-12H,2-4H2,1H3. The van der Waals surface area contributed by atoms with Crippen molar-refractivity contribution >= 4 is 0 Å². The van der Waals surface area contributed by atoms with Gasteiger partial charge in [0.05, 0.1) is 12.3 Å². The number of rotatable bonds is 3. The molecule has 0 amide bonds. The Balaban J connectivity index is 3.36. The number of hydrogen-bond donors (Lipinski definition) is 2. The monoisotopic (exact) mass is 185 g/mol. The minimum atomic E-state index is -0.448. The minimum Gasteiger partial charge on any atom is -0.390 e. The minimum absolute atomic E-state index is 0.324. The maximum absolute atomic E-state index is 11.1. The van der Waals surface area contributed by atoms with Crippen LogP contribution in [0.5, 0.6) is 0 Å². The second kappa shape index (κ2) is 4.11. The molecule has 1 aromatic heterocycles. The fourth-order valence-corrected chi connectivity index (χ4v) is 1.13. The summed E-state index contributed by atoms with van der Waals surface area (Å²) in [7, 11) is 0. The number of aliphatic hydroxyl groups is 2. The van der Waals surface area contributed by atoms with Crippen LogP contribution in [0, 0.1) is 0 Å². The van der Waals surface area contributed by atoms with Gasteiger partial charge in [0.1, 0.15) is 6.73 Å². The van der Waals surface area contributed by atoms with Crippen LogP contribution in [0.15, 0.2) is 4.79 Å². The Labute approximate surface area is 74.4 Å². The van der Waals surface area contributed by atoms with Crippen LogP contribution in [0.4, 0.5) is 0 Å². The summed E-state index contributed by atoms with van der Waals surface area (Å²) >= 11 is 0. The molecule has 13 heavy (non-hydrogen) atoms. The van der Waals surface area contributed by atoms with E-state index in [1.54, 1.807) is 6.92 Å². The van der Waals surface area contributed by atoms with Gasteiger partial charge in [-0.2, -0.15) is 0 Å². The van der Waals surface area contributed by atoms with Crippen molar-refractivity contribution in [3.8, 4) is 0 Å². The molecule has 2 N–H and O–H groups in total. The quantitative estimate of drug-likeness (QED) is 0.607. The van der Waals surface area contributed by atoms with E-state index >= 15 is 0 Å². The predicted molar refractivity (Wildman–Crippen MR) is 43.8 cm³/mol. The topological polar surface area (TPSA) is 88.2 Å². The Hall–Kier alpha value is -1.27. The molecule has 0 saturated heterocycles. The predicted octanol–water partition coefficient (Wildman–Crippen LogP) is -1.36. The van der Waals surface area contributed by atoms with Crippen LogP contribution in [0.2, 0.25) is 0 Å². The van der Waals surface area contributed by atoms with Gasteiger partial charge in [-0.25, -0.2) is 4.68 Å². The Morgan fingerprint density at radius 1 is 1.46 bits per heavy atom. The third kappa shape index (κ3) is 1.73. The summed E-state index contributed by atoms with van der Waals surface area (Å²) in [5, 5.41) is 24.5. The average molecular weight is 185 g/mol. The van der Waals surface area contributed by atoms with Crippen molar-refractivity contribution in [2.75, 3.05) is 0 Å². The number of aromatic nitrogens is 3. The molecule has 1 aromatic rings. The summed E-state index contributed by atoms with van der Waals surface area (Å²) in [6, 6.07) is 0. The van der Waals surface area contributed by atoms with E-state index in [-0.39, 0.29) is 6.61 Å². The van der Waals surface area contributed by atoms with Crippen LogP contribution >= 0.6 is 0 Å². The zero-order chi connectivity index (χ0) is 9.84. The second-order valence-electron chi connectivity index (χ2n) is 2.47. The maximum Gasteiger partial charge on any atom is 0.295 e. The molecule has 6 nitrogen and oxygen atoms in total. The van der Waals surface area contributed by atoms with E-state index in [0.717, 1.165) is 4.68 Å². The van der Waals surface area contributed by atoms with Crippen LogP contribution in [0.3, 0.4) is 0 Å². The molecule has 1 heterocycles. The molecule has 0 saturated carbocycles. The largest absolute Gasteiger partial charge is 0.390 e. The first-order valence-electron chi connectivity index (χ1n) is 3.91. The maximum atomic E-state index is 11.1. The SMILES string of the molecule is CCc1c(CO)n(CO)nnc1=O. The van der Waals surface area contributed by atoms with Gasteiger partial charge in [-0.05, 0) is 6.42 Å². The first-order valence-corrected chi connectivity index (χ1v) is 3.91. The van der Waals surface area contributed by atoms with Crippen LogP contribution in [-0.2, 0) is 19.8 Å². The third-order valence-electron chi connectivity index (χ3n) is 1.80. The summed E-state index contributed by atoms with van der Waals surface area (Å²) < 4.78 is 1.10. The fraction of sp³-hybridized carbons (Fsp3) is 0.571. The van der Waals surface area contributed by atoms with Crippen LogP contribution in [0.1, 0.15) is 18.2 Å². The van der Waals surface area contributed by atoms with Crippen molar-refractivity contribution in [1.82, 2.24) is 15.0 Å². The first kappa shape index (κ1) is 9.82. The summed E-state index contributed by atoms with van der Waals surface area (Å²) in [4.78, 5) is 11.1. The number of hydrogen-bond acceptors (Lipinski definition) is 5. The Kier molecular flexibility index (Phi) is 3.10. The molecular formula is C7H11N3O3. The van der Waals surface area contributed by atoms with Gasteiger partial charge in [0.2, 0.25) is 0 Å². The smallest absolute Gasteiger partial charge is 0.295 e. The van der Waals surface area contributed by atoms with Crippen molar-refractivity contribution in [2.24, 2.45) is 0 Å². The highest BCUT2D eigenvalue weighted by atomic mass is 16.3. The van der Waals surface area contributed by atoms with E-state index in [1.807, 2.05) is 0 Å². The highest BCUT2D eigenvalue weighted by molar-refractivity contribution is 5.14. The van der Waals surface area contributed by atoms with E-state index in [9.17, 15) is 4.79 Å². The molecule has 0 atom stereocenters. The van der Waals surface area contributed by atoms with E-state index in [0.29, 0.717) is 17.7 Å². The number of nitrogens with zero attached hydrogens (tertiary/aromatic N) is 3.